The molecular formula is C18H21ClFN5O. The van der Waals surface area contributed by atoms with E-state index in [9.17, 15) is 4.39 Å². The van der Waals surface area contributed by atoms with Crippen molar-refractivity contribution in [3.63, 3.8) is 0 Å². The van der Waals surface area contributed by atoms with Gasteiger partial charge in [0.2, 0.25) is 0 Å². The number of hydrogen-bond acceptors (Lipinski definition) is 5. The van der Waals surface area contributed by atoms with E-state index in [0.29, 0.717) is 11.7 Å². The Morgan fingerprint density at radius 3 is 2.58 bits per heavy atom. The molecule has 8 heteroatoms. The minimum absolute atomic E-state index is 0. The van der Waals surface area contributed by atoms with Crippen molar-refractivity contribution in [2.45, 2.75) is 44.6 Å². The summed E-state index contributed by atoms with van der Waals surface area (Å²) in [5.41, 5.74) is 8.43. The minimum Gasteiger partial charge on any atom is -0.334 e. The van der Waals surface area contributed by atoms with Crippen molar-refractivity contribution in [3.8, 4) is 17.1 Å². The van der Waals surface area contributed by atoms with Gasteiger partial charge in [-0.25, -0.2) is 9.07 Å². The van der Waals surface area contributed by atoms with Gasteiger partial charge in [-0.3, -0.25) is 0 Å². The fourth-order valence-corrected chi connectivity index (χ4v) is 3.46. The number of benzene rings is 1. The van der Waals surface area contributed by atoms with E-state index in [-0.39, 0.29) is 18.2 Å². The van der Waals surface area contributed by atoms with Crippen LogP contribution in [-0.2, 0) is 12.0 Å². The second-order valence-corrected chi connectivity index (χ2v) is 6.53. The lowest BCUT2D eigenvalue weighted by Crippen LogP contribution is -2.34. The van der Waals surface area contributed by atoms with Gasteiger partial charge in [0, 0.05) is 0 Å². The third kappa shape index (κ3) is 3.12. The summed E-state index contributed by atoms with van der Waals surface area (Å²) in [6, 6.07) is 6.22. The van der Waals surface area contributed by atoms with Crippen LogP contribution in [0.15, 0.2) is 35.0 Å². The zero-order valence-electron chi connectivity index (χ0n) is 14.5. The van der Waals surface area contributed by atoms with Gasteiger partial charge in [0.15, 0.2) is 5.82 Å². The van der Waals surface area contributed by atoms with Crippen LogP contribution < -0.4 is 5.73 Å². The Morgan fingerprint density at radius 2 is 1.92 bits per heavy atom. The highest BCUT2D eigenvalue weighted by atomic mass is 35.5. The highest BCUT2D eigenvalue weighted by Gasteiger charge is 2.36. The number of nitrogens with two attached hydrogens (primary N) is 1. The summed E-state index contributed by atoms with van der Waals surface area (Å²) in [7, 11) is 0. The van der Waals surface area contributed by atoms with Gasteiger partial charge in [-0.15, -0.1) is 12.4 Å². The predicted molar refractivity (Wildman–Crippen MR) is 97.8 cm³/mol. The molecule has 2 heterocycles. The number of rotatable bonds is 4. The molecular weight excluding hydrogens is 357 g/mol. The first-order valence-electron chi connectivity index (χ1n) is 8.57. The highest BCUT2D eigenvalue weighted by Crippen LogP contribution is 2.36. The van der Waals surface area contributed by atoms with Crippen LogP contribution in [0.3, 0.4) is 0 Å². The molecule has 2 N–H and O–H groups in total. The van der Waals surface area contributed by atoms with Crippen LogP contribution in [0.2, 0.25) is 0 Å². The number of nitrogens with zero attached hydrogens (tertiary/aromatic N) is 4. The van der Waals surface area contributed by atoms with Gasteiger partial charge >= 0.3 is 0 Å². The molecule has 0 saturated heterocycles. The van der Waals surface area contributed by atoms with Crippen molar-refractivity contribution in [1.82, 2.24) is 19.9 Å². The molecule has 0 unspecified atom stereocenters. The minimum atomic E-state index is -0.485. The lowest BCUT2D eigenvalue weighted by atomic mass is 9.99. The third-order valence-electron chi connectivity index (χ3n) is 4.87. The molecule has 0 spiro atoms. The Kier molecular flexibility index (Phi) is 5.11. The molecule has 138 valence electrons. The van der Waals surface area contributed by atoms with Crippen LogP contribution in [-0.4, -0.2) is 19.9 Å². The van der Waals surface area contributed by atoms with E-state index in [2.05, 4.69) is 15.2 Å². The van der Waals surface area contributed by atoms with Gasteiger partial charge in [0.25, 0.3) is 5.89 Å². The third-order valence-corrected chi connectivity index (χ3v) is 4.87. The first-order chi connectivity index (χ1) is 12.1. The zero-order chi connectivity index (χ0) is 17.4. The second kappa shape index (κ2) is 7.17. The molecule has 0 amide bonds. The zero-order valence-corrected chi connectivity index (χ0v) is 15.3. The molecule has 1 aliphatic carbocycles. The summed E-state index contributed by atoms with van der Waals surface area (Å²) in [5, 5.41) is 8.54. The van der Waals surface area contributed by atoms with Crippen molar-refractivity contribution in [3.05, 3.63) is 47.8 Å². The molecule has 3 aromatic rings. The average molecular weight is 378 g/mol. The molecule has 1 aliphatic rings. The summed E-state index contributed by atoms with van der Waals surface area (Å²) in [6.07, 6.45) is 6.35. The van der Waals surface area contributed by atoms with Crippen molar-refractivity contribution in [1.29, 1.82) is 0 Å². The van der Waals surface area contributed by atoms with Crippen LogP contribution >= 0.6 is 12.4 Å². The molecule has 1 fully saturated rings. The molecule has 0 radical (unpaired) electrons. The maximum atomic E-state index is 13.2. The van der Waals surface area contributed by atoms with Crippen LogP contribution in [0, 0.1) is 5.82 Å². The number of halogens is 2. The summed E-state index contributed by atoms with van der Waals surface area (Å²) < 4.78 is 20.4. The molecule has 0 bridgehead atoms. The van der Waals surface area contributed by atoms with E-state index in [1.807, 2.05) is 6.92 Å². The summed E-state index contributed by atoms with van der Waals surface area (Å²) in [4.78, 5) is 4.55. The van der Waals surface area contributed by atoms with E-state index in [4.69, 9.17) is 10.3 Å². The van der Waals surface area contributed by atoms with Gasteiger partial charge in [0.1, 0.15) is 5.82 Å². The van der Waals surface area contributed by atoms with Crippen LogP contribution in [0.4, 0.5) is 4.39 Å². The molecule has 1 saturated carbocycles. The quantitative estimate of drug-likeness (QED) is 0.748. The van der Waals surface area contributed by atoms with E-state index < -0.39 is 5.54 Å². The Bertz CT molecular complexity index is 883. The predicted octanol–water partition coefficient (Wildman–Crippen LogP) is 3.77. The summed E-state index contributed by atoms with van der Waals surface area (Å²) in [5.74, 6) is 0.717. The van der Waals surface area contributed by atoms with Gasteiger partial charge in [-0.05, 0) is 43.5 Å². The Labute approximate surface area is 157 Å². The lowest BCUT2D eigenvalue weighted by molar-refractivity contribution is 0.372. The smallest absolute Gasteiger partial charge is 0.261 e. The van der Waals surface area contributed by atoms with Crippen molar-refractivity contribution >= 4 is 12.4 Å². The number of hydrogen-bond donors (Lipinski definition) is 1. The normalized spacial score (nSPS) is 15.8. The van der Waals surface area contributed by atoms with E-state index in [0.717, 1.165) is 49.0 Å². The van der Waals surface area contributed by atoms with Gasteiger partial charge in [-0.1, -0.05) is 24.9 Å². The maximum Gasteiger partial charge on any atom is 0.261 e. The number of aromatic nitrogens is 4. The standard InChI is InChI=1S/C18H20FN5O.ClH/c1-2-15-14(11-21-24(15)13-7-5-12(19)6-8-13)16-22-17(23-25-16)18(20)9-3-4-10-18;/h5-8,11H,2-4,9-10,20H2,1H3;1H. The molecule has 2 aromatic heterocycles. The second-order valence-electron chi connectivity index (χ2n) is 6.53. The largest absolute Gasteiger partial charge is 0.334 e. The fourth-order valence-electron chi connectivity index (χ4n) is 3.46. The van der Waals surface area contributed by atoms with E-state index >= 15 is 0 Å². The summed E-state index contributed by atoms with van der Waals surface area (Å²) in [6.45, 7) is 2.03. The highest BCUT2D eigenvalue weighted by molar-refractivity contribution is 5.85. The van der Waals surface area contributed by atoms with Gasteiger partial charge < -0.3 is 10.3 Å². The first kappa shape index (κ1) is 18.5. The molecule has 4 rings (SSSR count). The molecule has 6 nitrogen and oxygen atoms in total. The van der Waals surface area contributed by atoms with E-state index in [1.165, 1.54) is 12.1 Å². The first-order valence-corrected chi connectivity index (χ1v) is 8.57. The van der Waals surface area contributed by atoms with Crippen molar-refractivity contribution < 1.29 is 8.91 Å². The topological polar surface area (TPSA) is 82.8 Å². The summed E-state index contributed by atoms with van der Waals surface area (Å²) >= 11 is 0. The SMILES string of the molecule is CCc1c(-c2nc(C3(N)CCCC3)no2)cnn1-c1ccc(F)cc1.Cl. The Morgan fingerprint density at radius 1 is 1.23 bits per heavy atom. The average Bonchev–Trinajstić information content (AvgIpc) is 3.34. The van der Waals surface area contributed by atoms with Crippen LogP contribution in [0.1, 0.15) is 44.1 Å². The lowest BCUT2D eigenvalue weighted by Gasteiger charge is -2.17. The molecule has 1 aromatic carbocycles. The Hall–Kier alpha value is -2.25. The molecule has 0 aliphatic heterocycles. The fraction of sp³-hybridized carbons (Fsp3) is 0.389. The van der Waals surface area contributed by atoms with Gasteiger partial charge in [-0.2, -0.15) is 10.1 Å². The monoisotopic (exact) mass is 377 g/mol. The van der Waals surface area contributed by atoms with Crippen molar-refractivity contribution in [2.75, 3.05) is 0 Å². The van der Waals surface area contributed by atoms with Crippen LogP contribution in [0.25, 0.3) is 17.1 Å². The van der Waals surface area contributed by atoms with Gasteiger partial charge in [0.05, 0.1) is 28.7 Å². The van der Waals surface area contributed by atoms with Crippen molar-refractivity contribution in [2.24, 2.45) is 5.73 Å². The van der Waals surface area contributed by atoms with E-state index in [1.54, 1.807) is 23.0 Å². The maximum absolute atomic E-state index is 13.2. The Balaban J connectivity index is 0.00000196. The molecule has 26 heavy (non-hydrogen) atoms. The molecule has 0 atom stereocenters. The van der Waals surface area contributed by atoms with Crippen LogP contribution in [0.5, 0.6) is 0 Å².